The molecule has 47 heavy (non-hydrogen) atoms. The van der Waals surface area contributed by atoms with Gasteiger partial charge in [-0.25, -0.2) is 9.97 Å². The van der Waals surface area contributed by atoms with E-state index in [-0.39, 0.29) is 36.4 Å². The van der Waals surface area contributed by atoms with Gasteiger partial charge in [0, 0.05) is 48.2 Å². The molecule has 0 saturated carbocycles. The molecular formula is C40H40IrN4O2-2. The molecule has 1 radical (unpaired) electrons. The van der Waals surface area contributed by atoms with Crippen LogP contribution in [0, 0.1) is 12.1 Å². The Labute approximate surface area is 290 Å². The first-order valence-corrected chi connectivity index (χ1v) is 15.6. The van der Waals surface area contributed by atoms with Crippen LogP contribution in [-0.4, -0.2) is 19.9 Å². The SMILES string of the molecule is CC(C)(C)c1cc(-c2[c-]ccc3c2oc2c3ccc3oc(C(C)(C)C)nc32)ncn1.CC(C)(C)c1ccc(-c2[c-]cccc2)nc1.[Ir]. The van der Waals surface area contributed by atoms with Crippen molar-refractivity contribution < 1.29 is 28.9 Å². The smallest absolute Gasteiger partial charge is 0.200 e. The van der Waals surface area contributed by atoms with Gasteiger partial charge >= 0.3 is 0 Å². The summed E-state index contributed by atoms with van der Waals surface area (Å²) in [5.41, 5.74) is 8.74. The van der Waals surface area contributed by atoms with Crippen molar-refractivity contribution in [2.75, 3.05) is 0 Å². The minimum absolute atomic E-state index is 0. The zero-order valence-electron chi connectivity index (χ0n) is 28.4. The monoisotopic (exact) mass is 801 g/mol. The molecule has 0 N–H and O–H groups in total. The Morgan fingerprint density at radius 2 is 1.40 bits per heavy atom. The molecule has 243 valence electrons. The van der Waals surface area contributed by atoms with Gasteiger partial charge in [-0.1, -0.05) is 91.5 Å². The van der Waals surface area contributed by atoms with Crippen LogP contribution in [0.5, 0.6) is 0 Å². The van der Waals surface area contributed by atoms with Crippen molar-refractivity contribution in [2.24, 2.45) is 0 Å². The van der Waals surface area contributed by atoms with Gasteiger partial charge in [0.15, 0.2) is 16.7 Å². The van der Waals surface area contributed by atoms with Crippen LogP contribution in [0.1, 0.15) is 79.5 Å². The second-order valence-electron chi connectivity index (χ2n) is 14.8. The van der Waals surface area contributed by atoms with Crippen LogP contribution < -0.4 is 0 Å². The number of hydrogen-bond donors (Lipinski definition) is 0. The van der Waals surface area contributed by atoms with E-state index >= 15 is 0 Å². The first-order chi connectivity index (χ1) is 21.7. The molecule has 0 aliphatic heterocycles. The molecule has 0 spiro atoms. The summed E-state index contributed by atoms with van der Waals surface area (Å²) in [6.07, 6.45) is 3.56. The molecule has 0 fully saturated rings. The van der Waals surface area contributed by atoms with E-state index in [1.54, 1.807) is 6.33 Å². The third-order valence-corrected chi connectivity index (χ3v) is 7.91. The molecule has 3 aromatic carbocycles. The van der Waals surface area contributed by atoms with Gasteiger partial charge in [0.05, 0.1) is 5.58 Å². The predicted octanol–water partition coefficient (Wildman–Crippen LogP) is 10.4. The molecule has 6 nitrogen and oxygen atoms in total. The van der Waals surface area contributed by atoms with E-state index in [0.717, 1.165) is 61.2 Å². The molecule has 0 saturated heterocycles. The molecule has 0 aliphatic carbocycles. The van der Waals surface area contributed by atoms with Crippen molar-refractivity contribution >= 4 is 33.0 Å². The van der Waals surface area contributed by atoms with E-state index in [0.29, 0.717) is 5.89 Å². The third-order valence-electron chi connectivity index (χ3n) is 7.91. The number of benzene rings is 3. The fourth-order valence-electron chi connectivity index (χ4n) is 5.15. The summed E-state index contributed by atoms with van der Waals surface area (Å²) in [7, 11) is 0. The number of rotatable bonds is 2. The molecule has 7 heteroatoms. The van der Waals surface area contributed by atoms with Gasteiger partial charge in [-0.15, -0.1) is 54.1 Å². The largest absolute Gasteiger partial charge is 0.498 e. The standard InChI is InChI=1S/C25H24N3O2.C15H16N.Ir/c1-24(2,3)19-12-17(26-13-27-19)16-9-7-8-14-15-10-11-18-20(22(15)30-21(14)16)28-23(29-18)25(4,5)6;1-15(2,3)13-9-10-14(16-11-13)12-7-5-4-6-8-12;/h7-8,10-13H,1-6H3;4-7,9-11H,1-3H3;/q2*-1;. The molecule has 7 rings (SSSR count). The Bertz CT molecular complexity index is 2140. The van der Waals surface area contributed by atoms with Crippen molar-refractivity contribution in [3.8, 4) is 22.5 Å². The topological polar surface area (TPSA) is 77.8 Å². The van der Waals surface area contributed by atoms with E-state index in [1.165, 1.54) is 5.56 Å². The third kappa shape index (κ3) is 7.07. The molecule has 0 bridgehead atoms. The first kappa shape index (κ1) is 34.2. The summed E-state index contributed by atoms with van der Waals surface area (Å²) in [5, 5.41) is 2.02. The zero-order chi connectivity index (χ0) is 32.9. The Hall–Kier alpha value is -4.19. The summed E-state index contributed by atoms with van der Waals surface area (Å²) in [4.78, 5) is 18.2. The Balaban J connectivity index is 0.000000217. The fourth-order valence-corrected chi connectivity index (χ4v) is 5.15. The van der Waals surface area contributed by atoms with Gasteiger partial charge in [0.25, 0.3) is 0 Å². The van der Waals surface area contributed by atoms with Gasteiger partial charge in [0.1, 0.15) is 6.33 Å². The van der Waals surface area contributed by atoms with E-state index in [2.05, 4.69) is 102 Å². The molecule has 0 amide bonds. The summed E-state index contributed by atoms with van der Waals surface area (Å²) >= 11 is 0. The summed E-state index contributed by atoms with van der Waals surface area (Å²) in [5.74, 6) is 0.697. The molecule has 0 atom stereocenters. The minimum Gasteiger partial charge on any atom is -0.498 e. The maximum Gasteiger partial charge on any atom is 0.200 e. The number of aromatic nitrogens is 4. The first-order valence-electron chi connectivity index (χ1n) is 15.6. The molecule has 7 aromatic rings. The van der Waals surface area contributed by atoms with Crippen molar-refractivity contribution in [1.82, 2.24) is 19.9 Å². The zero-order valence-corrected chi connectivity index (χ0v) is 30.8. The molecule has 4 aromatic heterocycles. The number of fused-ring (bicyclic) bond motifs is 5. The second-order valence-corrected chi connectivity index (χ2v) is 14.8. The summed E-state index contributed by atoms with van der Waals surface area (Å²) in [6.45, 7) is 19.2. The summed E-state index contributed by atoms with van der Waals surface area (Å²) < 4.78 is 12.4. The van der Waals surface area contributed by atoms with Crippen LogP contribution >= 0.6 is 0 Å². The predicted molar refractivity (Wildman–Crippen MR) is 186 cm³/mol. The average Bonchev–Trinajstić information content (AvgIpc) is 3.63. The molecule has 0 unspecified atom stereocenters. The number of nitrogens with zero attached hydrogens (tertiary/aromatic N) is 4. The second kappa shape index (κ2) is 12.8. The Morgan fingerprint density at radius 3 is 2.04 bits per heavy atom. The van der Waals surface area contributed by atoms with Gasteiger partial charge in [-0.2, -0.15) is 0 Å². The number of pyridine rings is 1. The number of oxazole rings is 1. The van der Waals surface area contributed by atoms with Crippen LogP contribution in [0.4, 0.5) is 0 Å². The Morgan fingerprint density at radius 1 is 0.638 bits per heavy atom. The van der Waals surface area contributed by atoms with Crippen LogP contribution in [0.25, 0.3) is 55.6 Å². The van der Waals surface area contributed by atoms with Gasteiger partial charge in [-0.05, 0) is 34.5 Å². The molecule has 4 heterocycles. The van der Waals surface area contributed by atoms with Crippen LogP contribution in [0.3, 0.4) is 0 Å². The van der Waals surface area contributed by atoms with Crippen molar-refractivity contribution in [1.29, 1.82) is 0 Å². The van der Waals surface area contributed by atoms with E-state index in [9.17, 15) is 0 Å². The number of hydrogen-bond acceptors (Lipinski definition) is 6. The van der Waals surface area contributed by atoms with Gasteiger partial charge in [0.2, 0.25) is 5.89 Å². The van der Waals surface area contributed by atoms with Crippen LogP contribution in [0.2, 0.25) is 0 Å². The molecule has 0 aliphatic rings. The van der Waals surface area contributed by atoms with E-state index in [1.807, 2.05) is 60.8 Å². The van der Waals surface area contributed by atoms with Crippen molar-refractivity contribution in [3.05, 3.63) is 109 Å². The average molecular weight is 801 g/mol. The minimum atomic E-state index is -0.180. The fraction of sp³-hybridized carbons (Fsp3) is 0.300. The summed E-state index contributed by atoms with van der Waals surface area (Å²) in [6, 6.07) is 28.6. The quantitative estimate of drug-likeness (QED) is 0.162. The van der Waals surface area contributed by atoms with E-state index < -0.39 is 0 Å². The van der Waals surface area contributed by atoms with Gasteiger partial charge < -0.3 is 13.8 Å². The maximum absolute atomic E-state index is 6.39. The maximum atomic E-state index is 6.39. The van der Waals surface area contributed by atoms with Gasteiger partial charge in [-0.3, -0.25) is 4.98 Å². The Kier molecular flexibility index (Phi) is 9.29. The van der Waals surface area contributed by atoms with Crippen molar-refractivity contribution in [2.45, 2.75) is 78.6 Å². The number of furan rings is 1. The van der Waals surface area contributed by atoms with Crippen molar-refractivity contribution in [3.63, 3.8) is 0 Å². The van der Waals surface area contributed by atoms with Crippen LogP contribution in [-0.2, 0) is 36.4 Å². The van der Waals surface area contributed by atoms with E-state index in [4.69, 9.17) is 13.8 Å². The normalized spacial score (nSPS) is 12.2. The van der Waals surface area contributed by atoms with Crippen LogP contribution in [0.15, 0.2) is 88.1 Å². The molecular weight excluding hydrogens is 761 g/mol.